The van der Waals surface area contributed by atoms with Gasteiger partial charge in [-0.3, -0.25) is 4.79 Å². The highest BCUT2D eigenvalue weighted by molar-refractivity contribution is 7.99. The van der Waals surface area contributed by atoms with E-state index in [-0.39, 0.29) is 6.42 Å². The molecule has 0 aliphatic carbocycles. The van der Waals surface area contributed by atoms with Crippen molar-refractivity contribution in [3.8, 4) is 0 Å². The molecule has 1 aliphatic rings. The number of hydrogen-bond donors (Lipinski definition) is 1. The minimum Gasteiger partial charge on any atom is -0.481 e. The van der Waals surface area contributed by atoms with E-state index in [0.717, 1.165) is 12.2 Å². The average Bonchev–Trinajstić information content (AvgIpc) is 2.69. The Morgan fingerprint density at radius 2 is 2.64 bits per heavy atom. The Labute approximate surface area is 85.7 Å². The van der Waals surface area contributed by atoms with Crippen LogP contribution in [0.25, 0.3) is 0 Å². The van der Waals surface area contributed by atoms with Gasteiger partial charge in [0.2, 0.25) is 5.89 Å². The molecule has 0 bridgehead atoms. The maximum absolute atomic E-state index is 10.4. The van der Waals surface area contributed by atoms with Crippen molar-refractivity contribution >= 4 is 17.7 Å². The van der Waals surface area contributed by atoms with Crippen molar-refractivity contribution in [2.45, 2.75) is 24.5 Å². The van der Waals surface area contributed by atoms with Crippen LogP contribution in [0.2, 0.25) is 0 Å². The molecule has 0 radical (unpaired) electrons. The van der Waals surface area contributed by atoms with E-state index in [2.05, 4.69) is 4.98 Å². The number of carbonyl (C=O) groups is 1. The minimum atomic E-state index is -0.883. The summed E-state index contributed by atoms with van der Waals surface area (Å²) in [6.45, 7) is 0. The standard InChI is InChI=1S/C9H11NO3S/c11-8(12)4-6-5-10-9(13-6)7-2-1-3-14-7/h5,7H,1-4H2,(H,11,12). The number of aromatic nitrogens is 1. The van der Waals surface area contributed by atoms with Gasteiger partial charge in [-0.2, -0.15) is 0 Å². The Hall–Kier alpha value is -0.970. The second kappa shape index (κ2) is 4.04. The van der Waals surface area contributed by atoms with E-state index in [1.807, 2.05) is 11.8 Å². The Morgan fingerprint density at radius 3 is 3.29 bits per heavy atom. The molecule has 0 spiro atoms. The lowest BCUT2D eigenvalue weighted by Gasteiger charge is -2.00. The van der Waals surface area contributed by atoms with Crippen molar-refractivity contribution in [2.24, 2.45) is 0 Å². The molecular weight excluding hydrogens is 202 g/mol. The van der Waals surface area contributed by atoms with Crippen LogP contribution in [0.3, 0.4) is 0 Å². The highest BCUT2D eigenvalue weighted by Gasteiger charge is 2.22. The molecule has 1 fully saturated rings. The van der Waals surface area contributed by atoms with Crippen LogP contribution < -0.4 is 0 Å². The van der Waals surface area contributed by atoms with Gasteiger partial charge in [-0.1, -0.05) is 0 Å². The van der Waals surface area contributed by atoms with E-state index in [4.69, 9.17) is 9.52 Å². The van der Waals surface area contributed by atoms with Crippen LogP contribution in [0.1, 0.15) is 29.7 Å². The fourth-order valence-electron chi connectivity index (χ4n) is 1.47. The molecule has 2 rings (SSSR count). The molecule has 1 atom stereocenters. The fourth-order valence-corrected chi connectivity index (χ4v) is 2.68. The van der Waals surface area contributed by atoms with Crippen molar-refractivity contribution in [1.82, 2.24) is 4.98 Å². The average molecular weight is 213 g/mol. The van der Waals surface area contributed by atoms with Crippen molar-refractivity contribution in [3.05, 3.63) is 17.8 Å². The Kier molecular flexibility index (Phi) is 2.77. The summed E-state index contributed by atoms with van der Waals surface area (Å²) in [5.74, 6) is 1.39. The largest absolute Gasteiger partial charge is 0.481 e. The van der Waals surface area contributed by atoms with Gasteiger partial charge in [-0.05, 0) is 18.6 Å². The van der Waals surface area contributed by atoms with Crippen LogP contribution in [-0.2, 0) is 11.2 Å². The first-order valence-electron chi connectivity index (χ1n) is 4.53. The zero-order valence-corrected chi connectivity index (χ0v) is 8.42. The molecule has 5 heteroatoms. The third kappa shape index (κ3) is 2.09. The first-order chi connectivity index (χ1) is 6.75. The maximum atomic E-state index is 10.4. The highest BCUT2D eigenvalue weighted by atomic mass is 32.2. The normalized spacial score (nSPS) is 21.3. The first kappa shape index (κ1) is 9.58. The zero-order valence-electron chi connectivity index (χ0n) is 7.60. The number of oxazole rings is 1. The van der Waals surface area contributed by atoms with E-state index >= 15 is 0 Å². The van der Waals surface area contributed by atoms with Gasteiger partial charge in [0.15, 0.2) is 0 Å². The molecule has 1 aromatic rings. The van der Waals surface area contributed by atoms with E-state index in [0.29, 0.717) is 16.9 Å². The first-order valence-corrected chi connectivity index (χ1v) is 5.58. The minimum absolute atomic E-state index is 0.0790. The van der Waals surface area contributed by atoms with Crippen molar-refractivity contribution < 1.29 is 14.3 Å². The summed E-state index contributed by atoms with van der Waals surface area (Å²) in [7, 11) is 0. The number of thioether (sulfide) groups is 1. The van der Waals surface area contributed by atoms with Crippen LogP contribution in [0.4, 0.5) is 0 Å². The molecule has 0 amide bonds. The zero-order chi connectivity index (χ0) is 9.97. The van der Waals surface area contributed by atoms with E-state index in [9.17, 15) is 4.79 Å². The molecule has 1 saturated heterocycles. The summed E-state index contributed by atoms with van der Waals surface area (Å²) in [5.41, 5.74) is 0. The van der Waals surface area contributed by atoms with Crippen molar-refractivity contribution in [3.63, 3.8) is 0 Å². The Morgan fingerprint density at radius 1 is 1.79 bits per heavy atom. The Bertz CT molecular complexity index is 331. The van der Waals surface area contributed by atoms with Gasteiger partial charge < -0.3 is 9.52 Å². The van der Waals surface area contributed by atoms with Crippen LogP contribution in [0.15, 0.2) is 10.6 Å². The van der Waals surface area contributed by atoms with E-state index < -0.39 is 5.97 Å². The highest BCUT2D eigenvalue weighted by Crippen LogP contribution is 2.39. The quantitative estimate of drug-likeness (QED) is 0.830. The van der Waals surface area contributed by atoms with Gasteiger partial charge in [0.05, 0.1) is 11.4 Å². The molecule has 1 aliphatic heterocycles. The Balaban J connectivity index is 2.05. The van der Waals surface area contributed by atoms with Gasteiger partial charge in [0, 0.05) is 0 Å². The number of aliphatic carboxylic acids is 1. The molecule has 14 heavy (non-hydrogen) atoms. The number of carboxylic acids is 1. The molecular formula is C9H11NO3S. The molecule has 1 aromatic heterocycles. The third-order valence-electron chi connectivity index (χ3n) is 2.10. The number of rotatable bonds is 3. The predicted octanol–water partition coefficient (Wildman–Crippen LogP) is 1.87. The van der Waals surface area contributed by atoms with Crippen LogP contribution in [0.5, 0.6) is 0 Å². The SMILES string of the molecule is O=C(O)Cc1cnc(C2CCCS2)o1. The van der Waals surface area contributed by atoms with Crippen LogP contribution in [-0.4, -0.2) is 21.8 Å². The lowest BCUT2D eigenvalue weighted by Crippen LogP contribution is -1.98. The van der Waals surface area contributed by atoms with Crippen LogP contribution >= 0.6 is 11.8 Å². The lowest BCUT2D eigenvalue weighted by atomic mass is 10.2. The summed E-state index contributed by atoms with van der Waals surface area (Å²) < 4.78 is 5.37. The summed E-state index contributed by atoms with van der Waals surface area (Å²) >= 11 is 1.82. The van der Waals surface area contributed by atoms with Gasteiger partial charge in [0.1, 0.15) is 12.2 Å². The lowest BCUT2D eigenvalue weighted by molar-refractivity contribution is -0.136. The van der Waals surface area contributed by atoms with Gasteiger partial charge in [-0.25, -0.2) is 4.98 Å². The smallest absolute Gasteiger partial charge is 0.311 e. The number of hydrogen-bond acceptors (Lipinski definition) is 4. The molecule has 0 saturated carbocycles. The molecule has 76 valence electrons. The molecule has 1 N–H and O–H groups in total. The van der Waals surface area contributed by atoms with Gasteiger partial charge >= 0.3 is 5.97 Å². The molecule has 0 aromatic carbocycles. The second-order valence-corrected chi connectivity index (χ2v) is 4.55. The summed E-state index contributed by atoms with van der Waals surface area (Å²) in [5, 5.41) is 8.88. The summed E-state index contributed by atoms with van der Waals surface area (Å²) in [4.78, 5) is 14.5. The number of carboxylic acid groups (broad SMARTS) is 1. The maximum Gasteiger partial charge on any atom is 0.311 e. The summed E-state index contributed by atoms with van der Waals surface area (Å²) in [6, 6.07) is 0. The van der Waals surface area contributed by atoms with E-state index in [1.165, 1.54) is 12.6 Å². The third-order valence-corrected chi connectivity index (χ3v) is 3.47. The predicted molar refractivity (Wildman–Crippen MR) is 52.3 cm³/mol. The van der Waals surface area contributed by atoms with Crippen molar-refractivity contribution in [2.75, 3.05) is 5.75 Å². The van der Waals surface area contributed by atoms with E-state index in [1.54, 1.807) is 0 Å². The molecule has 1 unspecified atom stereocenters. The second-order valence-electron chi connectivity index (χ2n) is 3.24. The molecule has 2 heterocycles. The summed E-state index contributed by atoms with van der Waals surface area (Å²) in [6.07, 6.45) is 3.70. The van der Waals surface area contributed by atoms with Gasteiger partial charge in [-0.15, -0.1) is 11.8 Å². The van der Waals surface area contributed by atoms with Crippen LogP contribution in [0, 0.1) is 0 Å². The fraction of sp³-hybridized carbons (Fsp3) is 0.556. The van der Waals surface area contributed by atoms with Crippen molar-refractivity contribution in [1.29, 1.82) is 0 Å². The monoisotopic (exact) mass is 213 g/mol. The molecule has 4 nitrogen and oxygen atoms in total. The topological polar surface area (TPSA) is 63.3 Å². The number of nitrogens with zero attached hydrogens (tertiary/aromatic N) is 1. The van der Waals surface area contributed by atoms with Gasteiger partial charge in [0.25, 0.3) is 0 Å².